The zero-order chi connectivity index (χ0) is 17.9. The predicted molar refractivity (Wildman–Crippen MR) is 92.7 cm³/mol. The van der Waals surface area contributed by atoms with E-state index >= 15 is 0 Å². The van der Waals surface area contributed by atoms with Gasteiger partial charge in [-0.25, -0.2) is 0 Å². The van der Waals surface area contributed by atoms with Crippen LogP contribution in [0, 0.1) is 13.8 Å². The molecule has 0 fully saturated rings. The second-order valence-electron chi connectivity index (χ2n) is 6.02. The van der Waals surface area contributed by atoms with Crippen LogP contribution in [0.25, 0.3) is 0 Å². The zero-order valence-electron chi connectivity index (χ0n) is 13.6. The van der Waals surface area contributed by atoms with Crippen molar-refractivity contribution in [3.8, 4) is 0 Å². The number of rotatable bonds is 6. The van der Waals surface area contributed by atoms with E-state index < -0.39 is 29.5 Å². The van der Waals surface area contributed by atoms with E-state index in [1.54, 1.807) is 56.3 Å². The number of aliphatic hydroxyl groups is 3. The number of hydrogen-bond donors (Lipinski definition) is 3. The molecule has 0 bridgehead atoms. The number of carbonyl (C=O) groups is 1. The van der Waals surface area contributed by atoms with Crippen molar-refractivity contribution in [1.82, 2.24) is 0 Å². The van der Waals surface area contributed by atoms with Crippen LogP contribution >= 0.6 is 11.6 Å². The first-order valence-corrected chi connectivity index (χ1v) is 8.03. The highest BCUT2D eigenvalue weighted by Gasteiger charge is 2.44. The first-order valence-electron chi connectivity index (χ1n) is 7.66. The number of hydrogen-bond acceptors (Lipinski definition) is 4. The smallest absolute Gasteiger partial charge is 0.224 e. The minimum atomic E-state index is -1.99. The summed E-state index contributed by atoms with van der Waals surface area (Å²) >= 11 is 5.50. The Morgan fingerprint density at radius 2 is 1.58 bits per heavy atom. The van der Waals surface area contributed by atoms with Gasteiger partial charge in [0.15, 0.2) is 0 Å². The Bertz CT molecular complexity index is 731. The SMILES string of the molecule is Cc1ccccc1C(O)[C@H](O)[C@](O)(CC(=O)Cl)c1ccccc1C. The van der Waals surface area contributed by atoms with Crippen molar-refractivity contribution >= 4 is 16.8 Å². The van der Waals surface area contributed by atoms with E-state index in [4.69, 9.17) is 11.6 Å². The highest BCUT2D eigenvalue weighted by atomic mass is 35.5. The maximum Gasteiger partial charge on any atom is 0.224 e. The quantitative estimate of drug-likeness (QED) is 0.701. The number of halogens is 1. The molecular formula is C19H21ClO4. The Labute approximate surface area is 146 Å². The lowest BCUT2D eigenvalue weighted by Crippen LogP contribution is -2.45. The van der Waals surface area contributed by atoms with Crippen LogP contribution in [0.2, 0.25) is 0 Å². The summed E-state index contributed by atoms with van der Waals surface area (Å²) in [5.41, 5.74) is 0.312. The van der Waals surface area contributed by atoms with Crippen LogP contribution in [0.3, 0.4) is 0 Å². The van der Waals surface area contributed by atoms with Crippen LogP contribution in [0.4, 0.5) is 0 Å². The number of carbonyl (C=O) groups excluding carboxylic acids is 1. The summed E-state index contributed by atoms with van der Waals surface area (Å²) in [6, 6.07) is 13.9. The standard InChI is InChI=1S/C19H21ClO4/c1-12-7-3-5-9-14(12)17(22)18(23)19(24,11-16(20)21)15-10-6-4-8-13(15)2/h3-10,17-18,22-24H,11H2,1-2H3/t17?,18-,19-/m0/s1. The van der Waals surface area contributed by atoms with Gasteiger partial charge in [0, 0.05) is 0 Å². The summed E-state index contributed by atoms with van der Waals surface area (Å²) in [6.45, 7) is 3.55. The summed E-state index contributed by atoms with van der Waals surface area (Å²) in [7, 11) is 0. The molecule has 0 amide bonds. The summed E-state index contributed by atoms with van der Waals surface area (Å²) in [5.74, 6) is 0. The monoisotopic (exact) mass is 348 g/mol. The van der Waals surface area contributed by atoms with E-state index in [9.17, 15) is 20.1 Å². The lowest BCUT2D eigenvalue weighted by molar-refractivity contribution is -0.146. The van der Waals surface area contributed by atoms with Crippen LogP contribution in [0.15, 0.2) is 48.5 Å². The molecule has 0 spiro atoms. The van der Waals surface area contributed by atoms with Gasteiger partial charge in [-0.2, -0.15) is 0 Å². The molecule has 2 aromatic rings. The summed E-state index contributed by atoms with van der Waals surface area (Å²) in [5, 5.41) is 31.7. The third kappa shape index (κ3) is 3.68. The molecule has 2 rings (SSSR count). The van der Waals surface area contributed by atoms with Gasteiger partial charge in [-0.15, -0.1) is 0 Å². The van der Waals surface area contributed by atoms with Crippen molar-refractivity contribution in [2.75, 3.05) is 0 Å². The second kappa shape index (κ2) is 7.45. The van der Waals surface area contributed by atoms with Crippen LogP contribution in [0.1, 0.15) is 34.8 Å². The molecule has 5 heteroatoms. The molecule has 24 heavy (non-hydrogen) atoms. The second-order valence-corrected chi connectivity index (χ2v) is 6.44. The predicted octanol–water partition coefficient (Wildman–Crippen LogP) is 2.74. The number of aliphatic hydroxyl groups excluding tert-OH is 2. The van der Waals surface area contributed by atoms with Gasteiger partial charge < -0.3 is 15.3 Å². The maximum absolute atomic E-state index is 11.5. The lowest BCUT2D eigenvalue weighted by Gasteiger charge is -2.36. The van der Waals surface area contributed by atoms with Gasteiger partial charge in [0.05, 0.1) is 6.42 Å². The van der Waals surface area contributed by atoms with Gasteiger partial charge in [0.25, 0.3) is 0 Å². The molecule has 0 saturated carbocycles. The minimum absolute atomic E-state index is 0.360. The molecule has 0 aliphatic rings. The van der Waals surface area contributed by atoms with E-state index in [1.807, 2.05) is 6.07 Å². The van der Waals surface area contributed by atoms with Crippen LogP contribution < -0.4 is 0 Å². The van der Waals surface area contributed by atoms with Gasteiger partial charge >= 0.3 is 0 Å². The molecule has 0 aliphatic heterocycles. The van der Waals surface area contributed by atoms with Crippen molar-refractivity contribution in [3.63, 3.8) is 0 Å². The third-order valence-electron chi connectivity index (χ3n) is 4.32. The molecule has 1 unspecified atom stereocenters. The van der Waals surface area contributed by atoms with E-state index in [1.165, 1.54) is 0 Å². The van der Waals surface area contributed by atoms with Gasteiger partial charge in [0.1, 0.15) is 17.8 Å². The fraction of sp³-hybridized carbons (Fsp3) is 0.316. The van der Waals surface area contributed by atoms with Crippen LogP contribution in [-0.2, 0) is 10.4 Å². The molecule has 3 N–H and O–H groups in total. The van der Waals surface area contributed by atoms with Crippen molar-refractivity contribution in [3.05, 3.63) is 70.8 Å². The van der Waals surface area contributed by atoms with E-state index in [0.717, 1.165) is 5.56 Å². The fourth-order valence-corrected chi connectivity index (χ4v) is 3.18. The highest BCUT2D eigenvalue weighted by molar-refractivity contribution is 6.63. The Morgan fingerprint density at radius 3 is 2.12 bits per heavy atom. The molecule has 2 aromatic carbocycles. The summed E-state index contributed by atoms with van der Waals surface area (Å²) in [4.78, 5) is 11.5. The Balaban J connectivity index is 2.50. The largest absolute Gasteiger partial charge is 0.387 e. The average Bonchev–Trinajstić information content (AvgIpc) is 2.53. The molecule has 128 valence electrons. The lowest BCUT2D eigenvalue weighted by atomic mass is 9.79. The molecule has 0 radical (unpaired) electrons. The summed E-state index contributed by atoms with van der Waals surface area (Å²) < 4.78 is 0. The maximum atomic E-state index is 11.5. The third-order valence-corrected chi connectivity index (χ3v) is 4.45. The van der Waals surface area contributed by atoms with Crippen molar-refractivity contribution in [1.29, 1.82) is 0 Å². The Hall–Kier alpha value is -1.72. The highest BCUT2D eigenvalue weighted by Crippen LogP contribution is 2.38. The molecule has 0 saturated heterocycles. The summed E-state index contributed by atoms with van der Waals surface area (Å²) in [6.07, 6.45) is -3.50. The molecule has 0 aromatic heterocycles. The zero-order valence-corrected chi connectivity index (χ0v) is 14.4. The first kappa shape index (κ1) is 18.6. The van der Waals surface area contributed by atoms with Crippen molar-refractivity contribution in [2.24, 2.45) is 0 Å². The fourth-order valence-electron chi connectivity index (χ4n) is 2.98. The molecular weight excluding hydrogens is 328 g/mol. The average molecular weight is 349 g/mol. The van der Waals surface area contributed by atoms with Crippen LogP contribution in [-0.4, -0.2) is 26.7 Å². The molecule has 0 aliphatic carbocycles. The van der Waals surface area contributed by atoms with Gasteiger partial charge in [0.2, 0.25) is 5.24 Å². The van der Waals surface area contributed by atoms with Crippen LogP contribution in [0.5, 0.6) is 0 Å². The van der Waals surface area contributed by atoms with Gasteiger partial charge in [-0.05, 0) is 47.7 Å². The Morgan fingerprint density at radius 1 is 1.04 bits per heavy atom. The topological polar surface area (TPSA) is 77.8 Å². The number of aryl methyl sites for hydroxylation is 2. The normalized spacial score (nSPS) is 16.2. The van der Waals surface area contributed by atoms with E-state index in [2.05, 4.69) is 0 Å². The Kier molecular flexibility index (Phi) is 5.78. The van der Waals surface area contributed by atoms with E-state index in [-0.39, 0.29) is 0 Å². The first-order chi connectivity index (χ1) is 11.3. The number of benzene rings is 2. The van der Waals surface area contributed by atoms with Crippen molar-refractivity contribution in [2.45, 2.75) is 38.1 Å². The van der Waals surface area contributed by atoms with Gasteiger partial charge in [-0.1, -0.05) is 48.5 Å². The minimum Gasteiger partial charge on any atom is -0.387 e. The molecule has 0 heterocycles. The van der Waals surface area contributed by atoms with E-state index in [0.29, 0.717) is 16.7 Å². The van der Waals surface area contributed by atoms with Gasteiger partial charge in [-0.3, -0.25) is 4.79 Å². The van der Waals surface area contributed by atoms with Crippen molar-refractivity contribution < 1.29 is 20.1 Å². The molecule has 4 nitrogen and oxygen atoms in total. The molecule has 3 atom stereocenters.